The number of nitrogens with zero attached hydrogens (tertiary/aromatic N) is 2. The summed E-state index contributed by atoms with van der Waals surface area (Å²) in [6, 6.07) is -0.298. The summed E-state index contributed by atoms with van der Waals surface area (Å²) in [5, 5.41) is 3.05. The predicted octanol–water partition coefficient (Wildman–Crippen LogP) is 0.845. The molecule has 2 amide bonds. The molecule has 1 fully saturated rings. The maximum absolute atomic E-state index is 12.0. The molecule has 5 nitrogen and oxygen atoms in total. The van der Waals surface area contributed by atoms with Gasteiger partial charge in [0.1, 0.15) is 0 Å². The van der Waals surface area contributed by atoms with Crippen molar-refractivity contribution in [2.45, 2.75) is 46.1 Å². The second kappa shape index (κ2) is 8.15. The van der Waals surface area contributed by atoms with Crippen LogP contribution in [0.15, 0.2) is 0 Å². The zero-order chi connectivity index (χ0) is 14.3. The number of hydrogen-bond acceptors (Lipinski definition) is 3. The van der Waals surface area contributed by atoms with Crippen molar-refractivity contribution in [3.63, 3.8) is 0 Å². The molecule has 1 heterocycles. The first-order valence-corrected chi connectivity index (χ1v) is 7.40. The fourth-order valence-corrected chi connectivity index (χ4v) is 2.39. The molecule has 1 aliphatic rings. The molecule has 1 rings (SSSR count). The van der Waals surface area contributed by atoms with Crippen LogP contribution in [0.4, 0.5) is 0 Å². The van der Waals surface area contributed by atoms with Crippen molar-refractivity contribution in [2.75, 3.05) is 32.7 Å². The van der Waals surface area contributed by atoms with Crippen LogP contribution in [0.5, 0.6) is 0 Å². The van der Waals surface area contributed by atoms with Crippen LogP contribution in [0, 0.1) is 0 Å². The van der Waals surface area contributed by atoms with Crippen molar-refractivity contribution in [3.05, 3.63) is 0 Å². The molecule has 0 radical (unpaired) electrons. The Bertz CT molecular complexity index is 297. The Morgan fingerprint density at radius 2 is 1.74 bits per heavy atom. The summed E-state index contributed by atoms with van der Waals surface area (Å²) < 4.78 is 0. The third-order valence-electron chi connectivity index (χ3n) is 3.71. The smallest absolute Gasteiger partial charge is 0.239 e. The van der Waals surface area contributed by atoms with E-state index in [-0.39, 0.29) is 24.4 Å². The first-order chi connectivity index (χ1) is 9.10. The van der Waals surface area contributed by atoms with Crippen molar-refractivity contribution >= 4 is 11.8 Å². The lowest BCUT2D eigenvalue weighted by molar-refractivity contribution is -0.134. The zero-order valence-corrected chi connectivity index (χ0v) is 12.4. The lowest BCUT2D eigenvalue weighted by Gasteiger charge is -2.28. The second-order valence-electron chi connectivity index (χ2n) is 5.05. The molecule has 110 valence electrons. The number of carbonyl (C=O) groups excluding carboxylic acids is 2. The monoisotopic (exact) mass is 269 g/mol. The molecule has 1 aliphatic heterocycles. The van der Waals surface area contributed by atoms with E-state index in [9.17, 15) is 9.59 Å². The second-order valence-corrected chi connectivity index (χ2v) is 5.05. The zero-order valence-electron chi connectivity index (χ0n) is 12.4. The van der Waals surface area contributed by atoms with Crippen LogP contribution in [0.25, 0.3) is 0 Å². The molecule has 1 N–H and O–H groups in total. The number of amides is 2. The van der Waals surface area contributed by atoms with Crippen LogP contribution in [-0.4, -0.2) is 60.4 Å². The maximum atomic E-state index is 12.0. The average Bonchev–Trinajstić information content (AvgIpc) is 2.46. The van der Waals surface area contributed by atoms with E-state index in [1.165, 1.54) is 6.42 Å². The Labute approximate surface area is 116 Å². The minimum atomic E-state index is -0.298. The standard InChI is InChI=1S/C14H27N3O2/c1-4-16(5-2)14(19)12(3)15-11-13(18)17-9-7-6-8-10-17/h12,15H,4-11H2,1-3H3. The van der Waals surface area contributed by atoms with Gasteiger partial charge in [-0.25, -0.2) is 0 Å². The van der Waals surface area contributed by atoms with E-state index < -0.39 is 0 Å². The van der Waals surface area contributed by atoms with Crippen LogP contribution in [0.3, 0.4) is 0 Å². The van der Waals surface area contributed by atoms with Gasteiger partial charge in [0.05, 0.1) is 12.6 Å². The summed E-state index contributed by atoms with van der Waals surface area (Å²) in [6.07, 6.45) is 3.41. The minimum absolute atomic E-state index is 0.0662. The normalized spacial score (nSPS) is 17.1. The van der Waals surface area contributed by atoms with Crippen LogP contribution in [-0.2, 0) is 9.59 Å². The molecule has 1 saturated heterocycles. The van der Waals surface area contributed by atoms with Crippen molar-refractivity contribution in [1.29, 1.82) is 0 Å². The van der Waals surface area contributed by atoms with Gasteiger partial charge < -0.3 is 9.80 Å². The van der Waals surface area contributed by atoms with Gasteiger partial charge >= 0.3 is 0 Å². The van der Waals surface area contributed by atoms with Crippen molar-refractivity contribution < 1.29 is 9.59 Å². The first kappa shape index (κ1) is 16.0. The maximum Gasteiger partial charge on any atom is 0.239 e. The minimum Gasteiger partial charge on any atom is -0.342 e. The SMILES string of the molecule is CCN(CC)C(=O)C(C)NCC(=O)N1CCCCC1. The van der Waals surface area contributed by atoms with Crippen LogP contribution in [0.1, 0.15) is 40.0 Å². The molecule has 5 heteroatoms. The summed E-state index contributed by atoms with van der Waals surface area (Å²) in [4.78, 5) is 27.7. The Kier molecular flexibility index (Phi) is 6.84. The molecule has 0 spiro atoms. The summed E-state index contributed by atoms with van der Waals surface area (Å²) in [7, 11) is 0. The molecule has 0 aromatic rings. The summed E-state index contributed by atoms with van der Waals surface area (Å²) in [5.74, 6) is 0.176. The number of carbonyl (C=O) groups is 2. The lowest BCUT2D eigenvalue weighted by atomic mass is 10.1. The molecule has 0 saturated carbocycles. The molecule has 1 atom stereocenters. The Morgan fingerprint density at radius 1 is 1.16 bits per heavy atom. The van der Waals surface area contributed by atoms with Gasteiger partial charge in [0.25, 0.3) is 0 Å². The number of piperidine rings is 1. The van der Waals surface area contributed by atoms with Gasteiger partial charge in [-0.3, -0.25) is 14.9 Å². The molecule has 0 aromatic heterocycles. The highest BCUT2D eigenvalue weighted by Crippen LogP contribution is 2.08. The molecular weight excluding hydrogens is 242 g/mol. The molecule has 1 unspecified atom stereocenters. The van der Waals surface area contributed by atoms with Crippen molar-refractivity contribution in [1.82, 2.24) is 15.1 Å². The highest BCUT2D eigenvalue weighted by Gasteiger charge is 2.21. The third kappa shape index (κ3) is 4.82. The molecular formula is C14H27N3O2. The number of likely N-dealkylation sites (N-methyl/N-ethyl adjacent to an activating group) is 1. The van der Waals surface area contributed by atoms with E-state index in [0.29, 0.717) is 13.1 Å². The third-order valence-corrected chi connectivity index (χ3v) is 3.71. The lowest BCUT2D eigenvalue weighted by Crippen LogP contribution is -2.49. The molecule has 0 aliphatic carbocycles. The number of rotatable bonds is 6. The van der Waals surface area contributed by atoms with Crippen LogP contribution < -0.4 is 5.32 Å². The topological polar surface area (TPSA) is 52.7 Å². The van der Waals surface area contributed by atoms with Crippen molar-refractivity contribution in [3.8, 4) is 0 Å². The van der Waals surface area contributed by atoms with Crippen LogP contribution >= 0.6 is 0 Å². The molecule has 19 heavy (non-hydrogen) atoms. The largest absolute Gasteiger partial charge is 0.342 e. The van der Waals surface area contributed by atoms with Gasteiger partial charge in [-0.05, 0) is 40.0 Å². The predicted molar refractivity (Wildman–Crippen MR) is 75.8 cm³/mol. The Balaban J connectivity index is 2.34. The average molecular weight is 269 g/mol. The van der Waals surface area contributed by atoms with E-state index in [4.69, 9.17) is 0 Å². The number of nitrogens with one attached hydrogen (secondary N) is 1. The Hall–Kier alpha value is -1.10. The van der Waals surface area contributed by atoms with Gasteiger partial charge in [0.2, 0.25) is 11.8 Å². The molecule has 0 aromatic carbocycles. The van der Waals surface area contributed by atoms with Crippen LogP contribution in [0.2, 0.25) is 0 Å². The van der Waals surface area contributed by atoms with E-state index in [1.54, 1.807) is 4.90 Å². The molecule has 0 bridgehead atoms. The summed E-state index contributed by atoms with van der Waals surface area (Å²) in [6.45, 7) is 9.15. The van der Waals surface area contributed by atoms with E-state index >= 15 is 0 Å². The first-order valence-electron chi connectivity index (χ1n) is 7.40. The highest BCUT2D eigenvalue weighted by atomic mass is 16.2. The van der Waals surface area contributed by atoms with Gasteiger partial charge in [-0.15, -0.1) is 0 Å². The fourth-order valence-electron chi connectivity index (χ4n) is 2.39. The highest BCUT2D eigenvalue weighted by molar-refractivity contribution is 5.83. The Morgan fingerprint density at radius 3 is 2.26 bits per heavy atom. The fraction of sp³-hybridized carbons (Fsp3) is 0.857. The van der Waals surface area contributed by atoms with Gasteiger partial charge in [-0.1, -0.05) is 0 Å². The number of likely N-dealkylation sites (tertiary alicyclic amines) is 1. The summed E-state index contributed by atoms with van der Waals surface area (Å²) in [5.41, 5.74) is 0. The van der Waals surface area contributed by atoms with E-state index in [1.807, 2.05) is 25.7 Å². The van der Waals surface area contributed by atoms with Crippen molar-refractivity contribution in [2.24, 2.45) is 0 Å². The summed E-state index contributed by atoms with van der Waals surface area (Å²) >= 11 is 0. The van der Waals surface area contributed by atoms with Gasteiger partial charge in [-0.2, -0.15) is 0 Å². The van der Waals surface area contributed by atoms with E-state index in [0.717, 1.165) is 25.9 Å². The van der Waals surface area contributed by atoms with Gasteiger partial charge in [0, 0.05) is 26.2 Å². The van der Waals surface area contributed by atoms with E-state index in [2.05, 4.69) is 5.32 Å². The van der Waals surface area contributed by atoms with Gasteiger partial charge in [0.15, 0.2) is 0 Å². The quantitative estimate of drug-likeness (QED) is 0.777. The number of hydrogen-bond donors (Lipinski definition) is 1.